The molecule has 0 radical (unpaired) electrons. The molecular weight excluding hydrogens is 346 g/mol. The molecule has 1 aliphatic heterocycles. The van der Waals surface area contributed by atoms with Gasteiger partial charge in [0.25, 0.3) is 0 Å². The van der Waals surface area contributed by atoms with Gasteiger partial charge in [-0.25, -0.2) is 4.98 Å². The van der Waals surface area contributed by atoms with Crippen LogP contribution in [0.3, 0.4) is 0 Å². The van der Waals surface area contributed by atoms with Crippen molar-refractivity contribution in [1.29, 1.82) is 0 Å². The molecule has 2 aromatic heterocycles. The molecule has 1 N–H and O–H groups in total. The second kappa shape index (κ2) is 6.40. The quantitative estimate of drug-likeness (QED) is 0.667. The third kappa shape index (κ3) is 2.97. The van der Waals surface area contributed by atoms with Crippen molar-refractivity contribution in [3.8, 4) is 0 Å². The van der Waals surface area contributed by atoms with Gasteiger partial charge in [-0.3, -0.25) is 0 Å². The van der Waals surface area contributed by atoms with Gasteiger partial charge < -0.3 is 9.88 Å². The van der Waals surface area contributed by atoms with E-state index in [4.69, 9.17) is 11.6 Å². The predicted octanol–water partition coefficient (Wildman–Crippen LogP) is 4.69. The minimum Gasteiger partial charge on any atom is -0.356 e. The Hall–Kier alpha value is -2.40. The second-order valence-corrected chi connectivity index (χ2v) is 7.51. The third-order valence-corrected chi connectivity index (χ3v) is 4.97. The molecule has 6 heteroatoms. The zero-order chi connectivity index (χ0) is 18.4. The lowest BCUT2D eigenvalue weighted by Gasteiger charge is -2.34. The average Bonchev–Trinajstić information content (AvgIpc) is 2.92. The van der Waals surface area contributed by atoms with Crippen LogP contribution in [0, 0.1) is 13.8 Å². The van der Waals surface area contributed by atoms with Crippen molar-refractivity contribution >= 4 is 28.5 Å². The largest absolute Gasteiger partial charge is 0.356 e. The van der Waals surface area contributed by atoms with Crippen LogP contribution in [0.2, 0.25) is 5.02 Å². The maximum atomic E-state index is 6.24. The van der Waals surface area contributed by atoms with Crippen molar-refractivity contribution in [2.24, 2.45) is 0 Å². The highest BCUT2D eigenvalue weighted by Gasteiger charge is 2.31. The fourth-order valence-electron chi connectivity index (χ4n) is 3.73. The summed E-state index contributed by atoms with van der Waals surface area (Å²) in [5, 5.41) is 1.98. The predicted molar refractivity (Wildman–Crippen MR) is 106 cm³/mol. The number of anilines is 1. The number of aromatic nitrogens is 4. The normalized spacial score (nSPS) is 16.7. The number of fused-ring (bicyclic) bond motifs is 3. The molecule has 0 bridgehead atoms. The first-order chi connectivity index (χ1) is 12.4. The van der Waals surface area contributed by atoms with Crippen molar-refractivity contribution in [3.05, 3.63) is 57.8 Å². The molecule has 3 aromatic rings. The SMILES string of the molecule is CC(C)=CC1c2[nH]c3ccc(Cl)cc3c2CCN1c1nc(C)nc(C)n1. The van der Waals surface area contributed by atoms with Crippen LogP contribution in [0.4, 0.5) is 5.95 Å². The van der Waals surface area contributed by atoms with Gasteiger partial charge in [-0.05, 0) is 57.9 Å². The molecule has 0 amide bonds. The van der Waals surface area contributed by atoms with E-state index in [1.807, 2.05) is 19.9 Å². The van der Waals surface area contributed by atoms with Crippen LogP contribution >= 0.6 is 11.6 Å². The van der Waals surface area contributed by atoms with E-state index in [0.717, 1.165) is 41.1 Å². The first-order valence-electron chi connectivity index (χ1n) is 8.83. The standard InChI is InChI=1S/C20H22ClN5/c1-11(2)9-18-19-15(16-10-14(21)5-6-17(16)25-19)7-8-26(18)20-23-12(3)22-13(4)24-20/h5-6,9-10,18,25H,7-8H2,1-4H3. The van der Waals surface area contributed by atoms with Crippen LogP contribution in [0.15, 0.2) is 29.8 Å². The Morgan fingerprint density at radius 3 is 2.62 bits per heavy atom. The number of halogens is 1. The summed E-state index contributed by atoms with van der Waals surface area (Å²) in [7, 11) is 0. The molecule has 1 aromatic carbocycles. The maximum Gasteiger partial charge on any atom is 0.229 e. The molecule has 5 nitrogen and oxygen atoms in total. The summed E-state index contributed by atoms with van der Waals surface area (Å²) in [6.07, 6.45) is 3.19. The van der Waals surface area contributed by atoms with E-state index in [0.29, 0.717) is 0 Å². The van der Waals surface area contributed by atoms with E-state index < -0.39 is 0 Å². The molecule has 0 saturated heterocycles. The minimum absolute atomic E-state index is 0.0659. The van der Waals surface area contributed by atoms with Crippen LogP contribution in [-0.4, -0.2) is 26.5 Å². The van der Waals surface area contributed by atoms with E-state index in [1.54, 1.807) is 0 Å². The number of nitrogens with one attached hydrogen (secondary N) is 1. The molecule has 4 rings (SSSR count). The van der Waals surface area contributed by atoms with Crippen molar-refractivity contribution in [2.45, 2.75) is 40.2 Å². The fourth-order valence-corrected chi connectivity index (χ4v) is 3.90. The van der Waals surface area contributed by atoms with E-state index in [1.165, 1.54) is 22.2 Å². The summed E-state index contributed by atoms with van der Waals surface area (Å²) in [4.78, 5) is 19.4. The lowest BCUT2D eigenvalue weighted by Crippen LogP contribution is -2.36. The third-order valence-electron chi connectivity index (χ3n) is 4.73. The Morgan fingerprint density at radius 2 is 1.92 bits per heavy atom. The number of H-pyrrole nitrogens is 1. The van der Waals surface area contributed by atoms with Gasteiger partial charge in [0.2, 0.25) is 5.95 Å². The van der Waals surface area contributed by atoms with Crippen LogP contribution < -0.4 is 4.90 Å². The van der Waals surface area contributed by atoms with Gasteiger partial charge in [0.15, 0.2) is 0 Å². The number of aromatic amines is 1. The number of benzene rings is 1. The molecule has 0 aliphatic carbocycles. The molecule has 0 saturated carbocycles. The topological polar surface area (TPSA) is 57.7 Å². The second-order valence-electron chi connectivity index (χ2n) is 7.07. The Bertz CT molecular complexity index is 996. The molecule has 3 heterocycles. The first kappa shape index (κ1) is 17.0. The minimum atomic E-state index is 0.0659. The molecule has 1 atom stereocenters. The Kier molecular flexibility index (Phi) is 4.19. The van der Waals surface area contributed by atoms with Gasteiger partial charge >= 0.3 is 0 Å². The smallest absolute Gasteiger partial charge is 0.229 e. The molecular formula is C20H22ClN5. The van der Waals surface area contributed by atoms with Crippen LogP contribution in [-0.2, 0) is 6.42 Å². The van der Waals surface area contributed by atoms with Crippen LogP contribution in [0.25, 0.3) is 10.9 Å². The van der Waals surface area contributed by atoms with Gasteiger partial charge in [0.1, 0.15) is 11.6 Å². The van der Waals surface area contributed by atoms with E-state index in [2.05, 4.69) is 56.9 Å². The number of aryl methyl sites for hydroxylation is 2. The molecule has 134 valence electrons. The van der Waals surface area contributed by atoms with E-state index in [-0.39, 0.29) is 6.04 Å². The number of allylic oxidation sites excluding steroid dienone is 1. The lowest BCUT2D eigenvalue weighted by molar-refractivity contribution is 0.631. The molecule has 0 spiro atoms. The van der Waals surface area contributed by atoms with Crippen molar-refractivity contribution in [1.82, 2.24) is 19.9 Å². The van der Waals surface area contributed by atoms with E-state index in [9.17, 15) is 0 Å². The molecule has 1 unspecified atom stereocenters. The monoisotopic (exact) mass is 367 g/mol. The van der Waals surface area contributed by atoms with Crippen LogP contribution in [0.1, 0.15) is 42.8 Å². The Balaban J connectivity index is 1.88. The summed E-state index contributed by atoms with van der Waals surface area (Å²) in [6, 6.07) is 6.10. The zero-order valence-corrected chi connectivity index (χ0v) is 16.2. The highest BCUT2D eigenvalue weighted by Crippen LogP contribution is 2.38. The fraction of sp³-hybridized carbons (Fsp3) is 0.350. The lowest BCUT2D eigenvalue weighted by atomic mass is 9.96. The Morgan fingerprint density at radius 1 is 1.19 bits per heavy atom. The first-order valence-corrected chi connectivity index (χ1v) is 9.21. The average molecular weight is 368 g/mol. The van der Waals surface area contributed by atoms with Crippen molar-refractivity contribution in [3.63, 3.8) is 0 Å². The number of rotatable bonds is 2. The van der Waals surface area contributed by atoms with Gasteiger partial charge in [0.05, 0.1) is 6.04 Å². The van der Waals surface area contributed by atoms with Crippen LogP contribution in [0.5, 0.6) is 0 Å². The zero-order valence-electron chi connectivity index (χ0n) is 15.5. The van der Waals surface area contributed by atoms with E-state index >= 15 is 0 Å². The molecule has 0 fully saturated rings. The van der Waals surface area contributed by atoms with Gasteiger partial charge in [0, 0.05) is 28.2 Å². The summed E-state index contributed by atoms with van der Waals surface area (Å²) in [6.45, 7) is 8.92. The highest BCUT2D eigenvalue weighted by atomic mass is 35.5. The number of hydrogen-bond donors (Lipinski definition) is 1. The molecule has 26 heavy (non-hydrogen) atoms. The van der Waals surface area contributed by atoms with Gasteiger partial charge in [-0.15, -0.1) is 0 Å². The van der Waals surface area contributed by atoms with Gasteiger partial charge in [-0.1, -0.05) is 23.3 Å². The summed E-state index contributed by atoms with van der Waals surface area (Å²) < 4.78 is 0. The molecule has 1 aliphatic rings. The highest BCUT2D eigenvalue weighted by molar-refractivity contribution is 6.31. The van der Waals surface area contributed by atoms with Crippen molar-refractivity contribution < 1.29 is 0 Å². The summed E-state index contributed by atoms with van der Waals surface area (Å²) in [5.74, 6) is 2.23. The Labute approximate surface area is 158 Å². The number of nitrogens with zero attached hydrogens (tertiary/aromatic N) is 4. The number of hydrogen-bond acceptors (Lipinski definition) is 4. The summed E-state index contributed by atoms with van der Waals surface area (Å²) in [5.41, 5.74) is 4.91. The maximum absolute atomic E-state index is 6.24. The summed E-state index contributed by atoms with van der Waals surface area (Å²) >= 11 is 6.24. The van der Waals surface area contributed by atoms with Crippen molar-refractivity contribution in [2.75, 3.05) is 11.4 Å². The van der Waals surface area contributed by atoms with Gasteiger partial charge in [-0.2, -0.15) is 9.97 Å².